The summed E-state index contributed by atoms with van der Waals surface area (Å²) >= 11 is 0. The minimum absolute atomic E-state index is 0.276. The van der Waals surface area contributed by atoms with E-state index in [4.69, 9.17) is 0 Å². The molecule has 0 bridgehead atoms. The zero-order valence-corrected chi connectivity index (χ0v) is 7.18. The maximum atomic E-state index is 13.1. The molecule has 12 heavy (non-hydrogen) atoms. The van der Waals surface area contributed by atoms with Crippen molar-refractivity contribution in [3.05, 3.63) is 29.3 Å². The molecule has 0 radical (unpaired) electrons. The first-order valence-corrected chi connectivity index (χ1v) is 4.46. The van der Waals surface area contributed by atoms with Crippen LogP contribution >= 0.6 is 0 Å². The van der Waals surface area contributed by atoms with Crippen LogP contribution in [0, 0.1) is 5.95 Å². The van der Waals surface area contributed by atoms with Gasteiger partial charge >= 0.3 is 0 Å². The third-order valence-electron chi connectivity index (χ3n) is 2.32. The van der Waals surface area contributed by atoms with Gasteiger partial charge in [-0.15, -0.1) is 0 Å². The molecule has 0 aromatic carbocycles. The number of pyridine rings is 1. The van der Waals surface area contributed by atoms with Crippen LogP contribution in [0.3, 0.4) is 0 Å². The monoisotopic (exact) mass is 165 g/mol. The topological polar surface area (TPSA) is 12.9 Å². The minimum atomic E-state index is -0.276. The van der Waals surface area contributed by atoms with Gasteiger partial charge in [0, 0.05) is 17.2 Å². The van der Waals surface area contributed by atoms with Crippen LogP contribution in [0.2, 0.25) is 0 Å². The summed E-state index contributed by atoms with van der Waals surface area (Å²) in [5.41, 5.74) is 1.66. The average molecular weight is 165 g/mol. The summed E-state index contributed by atoms with van der Waals surface area (Å²) in [6.07, 6.45) is 3.08. The van der Waals surface area contributed by atoms with Gasteiger partial charge < -0.3 is 0 Å². The SMILES string of the molecule is CCc1ccc(C2CC2)nc1F. The Hall–Kier alpha value is -0.920. The maximum absolute atomic E-state index is 13.1. The number of nitrogens with zero attached hydrogens (tertiary/aromatic N) is 1. The second-order valence-electron chi connectivity index (χ2n) is 3.31. The number of aromatic nitrogens is 1. The van der Waals surface area contributed by atoms with Crippen molar-refractivity contribution in [2.24, 2.45) is 0 Å². The molecule has 1 fully saturated rings. The molecule has 2 heteroatoms. The molecule has 1 aromatic rings. The molecule has 0 spiro atoms. The number of halogens is 1. The van der Waals surface area contributed by atoms with Crippen molar-refractivity contribution in [3.63, 3.8) is 0 Å². The third-order valence-corrected chi connectivity index (χ3v) is 2.32. The first-order valence-electron chi connectivity index (χ1n) is 4.46. The van der Waals surface area contributed by atoms with Gasteiger partial charge in [0.1, 0.15) is 0 Å². The number of aryl methyl sites for hydroxylation is 1. The summed E-state index contributed by atoms with van der Waals surface area (Å²) < 4.78 is 13.1. The van der Waals surface area contributed by atoms with Crippen molar-refractivity contribution in [1.29, 1.82) is 0 Å². The van der Waals surface area contributed by atoms with E-state index in [1.54, 1.807) is 0 Å². The van der Waals surface area contributed by atoms with E-state index in [-0.39, 0.29) is 5.95 Å². The lowest BCUT2D eigenvalue weighted by molar-refractivity contribution is 0.562. The molecule has 0 N–H and O–H groups in total. The highest BCUT2D eigenvalue weighted by molar-refractivity contribution is 5.20. The van der Waals surface area contributed by atoms with Crippen LogP contribution in [0.15, 0.2) is 12.1 Å². The molecule has 1 heterocycles. The van der Waals surface area contributed by atoms with Crippen LogP contribution < -0.4 is 0 Å². The first kappa shape index (κ1) is 7.71. The number of rotatable bonds is 2. The van der Waals surface area contributed by atoms with E-state index in [9.17, 15) is 4.39 Å². The molecule has 0 saturated heterocycles. The van der Waals surface area contributed by atoms with E-state index in [1.165, 1.54) is 12.8 Å². The third kappa shape index (κ3) is 1.33. The molecule has 1 nitrogen and oxygen atoms in total. The van der Waals surface area contributed by atoms with Gasteiger partial charge in [0.2, 0.25) is 5.95 Å². The minimum Gasteiger partial charge on any atom is -0.224 e. The predicted octanol–water partition coefficient (Wildman–Crippen LogP) is 2.66. The fourth-order valence-corrected chi connectivity index (χ4v) is 1.35. The van der Waals surface area contributed by atoms with E-state index < -0.39 is 0 Å². The second kappa shape index (κ2) is 2.85. The summed E-state index contributed by atoms with van der Waals surface area (Å²) in [6.45, 7) is 1.94. The van der Waals surface area contributed by atoms with Crippen molar-refractivity contribution in [1.82, 2.24) is 4.98 Å². The van der Waals surface area contributed by atoms with Gasteiger partial charge in [0.25, 0.3) is 0 Å². The fourth-order valence-electron chi connectivity index (χ4n) is 1.35. The Morgan fingerprint density at radius 2 is 2.25 bits per heavy atom. The van der Waals surface area contributed by atoms with Crippen LogP contribution in [0.5, 0.6) is 0 Å². The van der Waals surface area contributed by atoms with Gasteiger partial charge in [-0.3, -0.25) is 0 Å². The quantitative estimate of drug-likeness (QED) is 0.614. The number of hydrogen-bond donors (Lipinski definition) is 0. The average Bonchev–Trinajstić information content (AvgIpc) is 2.86. The lowest BCUT2D eigenvalue weighted by Crippen LogP contribution is -1.95. The molecular formula is C10H12FN. The Kier molecular flexibility index (Phi) is 1.83. The Labute approximate surface area is 71.6 Å². The smallest absolute Gasteiger partial charge is 0.216 e. The van der Waals surface area contributed by atoms with Crippen LogP contribution in [-0.4, -0.2) is 4.98 Å². The number of hydrogen-bond acceptors (Lipinski definition) is 1. The molecule has 2 rings (SSSR count). The van der Waals surface area contributed by atoms with Crippen molar-refractivity contribution in [3.8, 4) is 0 Å². The zero-order chi connectivity index (χ0) is 8.55. The first-order chi connectivity index (χ1) is 5.81. The summed E-state index contributed by atoms with van der Waals surface area (Å²) in [5, 5.41) is 0. The summed E-state index contributed by atoms with van der Waals surface area (Å²) in [5.74, 6) is 0.271. The van der Waals surface area contributed by atoms with Gasteiger partial charge in [-0.25, -0.2) is 4.98 Å². The Balaban J connectivity index is 2.30. The fraction of sp³-hybridized carbons (Fsp3) is 0.500. The molecule has 1 aliphatic carbocycles. The summed E-state index contributed by atoms with van der Waals surface area (Å²) in [7, 11) is 0. The lowest BCUT2D eigenvalue weighted by atomic mass is 10.2. The van der Waals surface area contributed by atoms with Crippen molar-refractivity contribution in [2.45, 2.75) is 32.1 Å². The van der Waals surface area contributed by atoms with Gasteiger partial charge in [-0.1, -0.05) is 13.0 Å². The Morgan fingerprint density at radius 3 is 2.75 bits per heavy atom. The van der Waals surface area contributed by atoms with Crippen LogP contribution in [0.25, 0.3) is 0 Å². The molecule has 0 atom stereocenters. The molecule has 0 amide bonds. The van der Waals surface area contributed by atoms with Crippen LogP contribution in [-0.2, 0) is 6.42 Å². The second-order valence-corrected chi connectivity index (χ2v) is 3.31. The highest BCUT2D eigenvalue weighted by atomic mass is 19.1. The molecule has 1 saturated carbocycles. The lowest BCUT2D eigenvalue weighted by Gasteiger charge is -2.00. The Morgan fingerprint density at radius 1 is 1.50 bits per heavy atom. The van der Waals surface area contributed by atoms with E-state index in [0.717, 1.165) is 17.7 Å². The molecule has 1 aliphatic rings. The maximum Gasteiger partial charge on any atom is 0.216 e. The predicted molar refractivity (Wildman–Crippen MR) is 45.5 cm³/mol. The molecule has 0 aliphatic heterocycles. The van der Waals surface area contributed by atoms with Crippen molar-refractivity contribution in [2.75, 3.05) is 0 Å². The zero-order valence-electron chi connectivity index (χ0n) is 7.18. The Bertz CT molecular complexity index is 292. The molecule has 64 valence electrons. The standard InChI is InChI=1S/C10H12FN/c1-2-7-5-6-9(8-3-4-8)12-10(7)11/h5-6,8H,2-4H2,1H3. The van der Waals surface area contributed by atoms with Gasteiger partial charge in [-0.05, 0) is 25.3 Å². The van der Waals surface area contributed by atoms with Crippen molar-refractivity contribution < 1.29 is 4.39 Å². The highest BCUT2D eigenvalue weighted by Gasteiger charge is 2.25. The van der Waals surface area contributed by atoms with Gasteiger partial charge in [0.15, 0.2) is 0 Å². The summed E-state index contributed by atoms with van der Waals surface area (Å²) in [4.78, 5) is 3.94. The van der Waals surface area contributed by atoms with E-state index in [1.807, 2.05) is 19.1 Å². The van der Waals surface area contributed by atoms with E-state index in [0.29, 0.717) is 5.92 Å². The molecule has 0 unspecified atom stereocenters. The van der Waals surface area contributed by atoms with Gasteiger partial charge in [-0.2, -0.15) is 4.39 Å². The van der Waals surface area contributed by atoms with E-state index >= 15 is 0 Å². The van der Waals surface area contributed by atoms with Gasteiger partial charge in [0.05, 0.1) is 0 Å². The van der Waals surface area contributed by atoms with Crippen LogP contribution in [0.4, 0.5) is 4.39 Å². The van der Waals surface area contributed by atoms with Crippen LogP contribution in [0.1, 0.15) is 36.9 Å². The summed E-state index contributed by atoms with van der Waals surface area (Å²) in [6, 6.07) is 3.82. The molecule has 1 aromatic heterocycles. The highest BCUT2D eigenvalue weighted by Crippen LogP contribution is 2.38. The largest absolute Gasteiger partial charge is 0.224 e. The van der Waals surface area contributed by atoms with E-state index in [2.05, 4.69) is 4.98 Å². The van der Waals surface area contributed by atoms with Crippen molar-refractivity contribution >= 4 is 0 Å². The molecular weight excluding hydrogens is 153 g/mol. The normalized spacial score (nSPS) is 16.5.